The van der Waals surface area contributed by atoms with Crippen molar-refractivity contribution in [2.24, 2.45) is 0 Å². The Kier molecular flexibility index (Phi) is 19.1. The minimum atomic E-state index is 0. The fourth-order valence-corrected chi connectivity index (χ4v) is 1.44. The van der Waals surface area contributed by atoms with Crippen LogP contribution in [-0.4, -0.2) is 0 Å². The van der Waals surface area contributed by atoms with E-state index in [9.17, 15) is 0 Å². The minimum absolute atomic E-state index is 0. The third-order valence-electron chi connectivity index (χ3n) is 2.26. The summed E-state index contributed by atoms with van der Waals surface area (Å²) in [6.45, 7) is 6.36. The van der Waals surface area contributed by atoms with Crippen molar-refractivity contribution in [3.63, 3.8) is 0 Å². The van der Waals surface area contributed by atoms with Gasteiger partial charge in [0.1, 0.15) is 0 Å². The first-order valence-corrected chi connectivity index (χ1v) is 5.59. The zero-order valence-electron chi connectivity index (χ0n) is 9.73. The van der Waals surface area contributed by atoms with E-state index < -0.39 is 0 Å². The van der Waals surface area contributed by atoms with E-state index in [0.717, 1.165) is 0 Å². The van der Waals surface area contributed by atoms with E-state index in [0.29, 0.717) is 0 Å². The van der Waals surface area contributed by atoms with Gasteiger partial charge in [0.05, 0.1) is 0 Å². The van der Waals surface area contributed by atoms with Gasteiger partial charge in [-0.1, -0.05) is 25.7 Å². The molecule has 2 aliphatic rings. The molecule has 2 aliphatic carbocycles. The summed E-state index contributed by atoms with van der Waals surface area (Å²) in [5, 5.41) is 0. The summed E-state index contributed by atoms with van der Waals surface area (Å²) < 4.78 is 0. The number of hydrogen-bond donors (Lipinski definition) is 0. The van der Waals surface area contributed by atoms with Gasteiger partial charge in [-0.2, -0.15) is 25.7 Å². The van der Waals surface area contributed by atoms with E-state index in [2.05, 4.69) is 38.5 Å². The van der Waals surface area contributed by atoms with E-state index in [1.54, 1.807) is 0 Å². The molecule has 1 heteroatoms. The molecule has 82 valence electrons. The minimum Gasteiger partial charge on any atom is -0.525 e. The molecule has 2 fully saturated rings. The third-order valence-corrected chi connectivity index (χ3v) is 2.26. The van der Waals surface area contributed by atoms with Crippen molar-refractivity contribution in [3.05, 3.63) is 26.7 Å². The Balaban J connectivity index is 0. The first-order chi connectivity index (χ1) is 6.91. The van der Waals surface area contributed by atoms with Crippen molar-refractivity contribution in [1.82, 2.24) is 0 Å². The molecule has 0 aromatic rings. The molecule has 0 bridgehead atoms. The molecule has 0 N–H and O–H groups in total. The monoisotopic (exact) mass is 238 g/mol. The van der Waals surface area contributed by atoms with Crippen LogP contribution in [0.5, 0.6) is 0 Å². The van der Waals surface area contributed by atoms with Crippen molar-refractivity contribution >= 4 is 0 Å². The third kappa shape index (κ3) is 16.7. The van der Waals surface area contributed by atoms with Crippen molar-refractivity contribution in [1.29, 1.82) is 0 Å². The molecule has 0 aliphatic heterocycles. The Morgan fingerprint density at radius 2 is 0.933 bits per heavy atom. The average molecular weight is 238 g/mol. The van der Waals surface area contributed by atoms with Gasteiger partial charge < -0.3 is 38.5 Å². The van der Waals surface area contributed by atoms with Crippen molar-refractivity contribution < 1.29 is 21.7 Å². The predicted octanol–water partition coefficient (Wildman–Crippen LogP) is 4.18. The van der Waals surface area contributed by atoms with Crippen LogP contribution in [0.2, 0.25) is 0 Å². The summed E-state index contributed by atoms with van der Waals surface area (Å²) in [5.41, 5.74) is 0. The molecular weight excluding hydrogens is 216 g/mol. The predicted molar refractivity (Wildman–Crippen MR) is 64.0 cm³/mol. The summed E-state index contributed by atoms with van der Waals surface area (Å²) in [6, 6.07) is 0. The molecule has 0 heterocycles. The smallest absolute Gasteiger partial charge is 0.525 e. The molecule has 0 aromatic heterocycles. The van der Waals surface area contributed by atoms with Crippen LogP contribution in [0.4, 0.5) is 0 Å². The van der Waals surface area contributed by atoms with Gasteiger partial charge in [0.25, 0.3) is 0 Å². The molecule has 0 atom stereocenters. The van der Waals surface area contributed by atoms with Gasteiger partial charge >= 0.3 is 21.7 Å². The molecule has 2 saturated carbocycles. The largest absolute Gasteiger partial charge is 4.00 e. The van der Waals surface area contributed by atoms with Crippen molar-refractivity contribution in [2.45, 2.75) is 51.4 Å². The van der Waals surface area contributed by atoms with E-state index in [4.69, 9.17) is 0 Å². The maximum atomic E-state index is 3.18. The second-order valence-corrected chi connectivity index (χ2v) is 3.50. The molecule has 0 nitrogen and oxygen atoms in total. The molecule has 0 saturated heterocycles. The Morgan fingerprint density at radius 1 is 0.667 bits per heavy atom. The number of hydrogen-bond acceptors (Lipinski definition) is 0. The molecule has 0 radical (unpaired) electrons. The summed E-state index contributed by atoms with van der Waals surface area (Å²) in [5.74, 6) is 4.64. The maximum Gasteiger partial charge on any atom is 4.00 e. The molecule has 15 heavy (non-hydrogen) atoms. The van der Waals surface area contributed by atoms with Gasteiger partial charge in [0, 0.05) is 0 Å². The van der Waals surface area contributed by atoms with Crippen molar-refractivity contribution in [3.8, 4) is 11.8 Å². The van der Waals surface area contributed by atoms with Gasteiger partial charge in [0.15, 0.2) is 0 Å². The fraction of sp³-hybridized carbons (Fsp3) is 0.571. The normalized spacial score (nSPS) is 16.8. The van der Waals surface area contributed by atoms with Gasteiger partial charge in [-0.15, -0.1) is 0 Å². The number of rotatable bonds is 0. The van der Waals surface area contributed by atoms with Crippen LogP contribution in [0.25, 0.3) is 0 Å². The standard InChI is InChI=1S/2C5H9.C4H4.Ti/c2*1-2-4-5-3-1;1-3-4-2;/h2*1H,2-5H2;1-2H2;/q2*-1;-2;+4. The Hall–Kier alpha value is 0.0143. The van der Waals surface area contributed by atoms with Crippen LogP contribution in [0.1, 0.15) is 51.4 Å². The zero-order valence-corrected chi connectivity index (χ0v) is 11.3. The fourth-order valence-electron chi connectivity index (χ4n) is 1.44. The molecule has 0 aromatic carbocycles. The summed E-state index contributed by atoms with van der Waals surface area (Å²) in [4.78, 5) is 0. The molecular formula is C14H22Ti. The Morgan fingerprint density at radius 3 is 1.00 bits per heavy atom. The Bertz CT molecular complexity index is 113. The summed E-state index contributed by atoms with van der Waals surface area (Å²) in [6.07, 6.45) is 16.0. The molecule has 0 amide bonds. The van der Waals surface area contributed by atoms with Crippen LogP contribution in [0.15, 0.2) is 0 Å². The van der Waals surface area contributed by atoms with Crippen LogP contribution < -0.4 is 0 Å². The van der Waals surface area contributed by atoms with Gasteiger partial charge in [-0.25, -0.2) is 0 Å². The van der Waals surface area contributed by atoms with Crippen LogP contribution in [0, 0.1) is 38.5 Å². The van der Waals surface area contributed by atoms with E-state index in [1.807, 2.05) is 0 Å². The maximum absolute atomic E-state index is 3.18. The van der Waals surface area contributed by atoms with E-state index in [1.165, 1.54) is 51.4 Å². The Labute approximate surface area is 111 Å². The van der Waals surface area contributed by atoms with Gasteiger partial charge in [-0.05, 0) is 0 Å². The van der Waals surface area contributed by atoms with Crippen LogP contribution >= 0.6 is 0 Å². The quantitative estimate of drug-likeness (QED) is 0.337. The average Bonchev–Trinajstić information content (AvgIpc) is 2.94. The second-order valence-electron chi connectivity index (χ2n) is 3.50. The SMILES string of the molecule is [CH-]1CCCC1.[CH-]1CCCC1.[CH2-]C#C[CH2-].[Ti+4]. The van der Waals surface area contributed by atoms with Crippen molar-refractivity contribution in [2.75, 3.05) is 0 Å². The molecule has 0 unspecified atom stereocenters. The first kappa shape index (κ1) is 17.4. The second kappa shape index (κ2) is 16.4. The molecule has 0 spiro atoms. The van der Waals surface area contributed by atoms with Gasteiger partial charge in [0.2, 0.25) is 0 Å². The van der Waals surface area contributed by atoms with Crippen LogP contribution in [-0.2, 0) is 21.7 Å². The van der Waals surface area contributed by atoms with Gasteiger partial charge in [-0.3, -0.25) is 0 Å². The summed E-state index contributed by atoms with van der Waals surface area (Å²) >= 11 is 0. The van der Waals surface area contributed by atoms with E-state index >= 15 is 0 Å². The summed E-state index contributed by atoms with van der Waals surface area (Å²) in [7, 11) is 0. The van der Waals surface area contributed by atoms with Crippen LogP contribution in [0.3, 0.4) is 0 Å². The molecule has 2 rings (SSSR count). The first-order valence-electron chi connectivity index (χ1n) is 5.59. The zero-order chi connectivity index (χ0) is 10.5. The topological polar surface area (TPSA) is 0 Å². The van der Waals surface area contributed by atoms with E-state index in [-0.39, 0.29) is 21.7 Å².